The van der Waals surface area contributed by atoms with Crippen molar-refractivity contribution in [1.29, 1.82) is 0 Å². The summed E-state index contributed by atoms with van der Waals surface area (Å²) in [6.07, 6.45) is -0.220. The van der Waals surface area contributed by atoms with E-state index >= 15 is 0 Å². The second-order valence-corrected chi connectivity index (χ2v) is 5.94. The van der Waals surface area contributed by atoms with Crippen LogP contribution in [0.5, 0.6) is 5.75 Å². The third-order valence-corrected chi connectivity index (χ3v) is 4.38. The van der Waals surface area contributed by atoms with Gasteiger partial charge in [0.15, 0.2) is 11.6 Å². The largest absolute Gasteiger partial charge is 0.482 e. The van der Waals surface area contributed by atoms with Gasteiger partial charge in [0.2, 0.25) is 0 Å². The Hall–Kier alpha value is -2.15. The number of nitro benzene ring substituents is 1. The first-order chi connectivity index (χ1) is 11.1. The molecule has 0 amide bonds. The van der Waals surface area contributed by atoms with Crippen molar-refractivity contribution in [1.82, 2.24) is 0 Å². The molecule has 1 unspecified atom stereocenters. The van der Waals surface area contributed by atoms with E-state index in [1.807, 2.05) is 35.2 Å². The molecule has 3 rings (SSSR count). The zero-order chi connectivity index (χ0) is 16.4. The van der Waals surface area contributed by atoms with E-state index < -0.39 is 10.7 Å². The molecule has 0 N–H and O–H groups in total. The van der Waals surface area contributed by atoms with Crippen molar-refractivity contribution in [3.05, 3.63) is 64.0 Å². The lowest BCUT2D eigenvalue weighted by molar-refractivity contribution is -0.385. The standard InChI is InChI=1S/C16H14BrFN2O3/c17-8-13-10-19(9-11-4-2-1-3-5-11)15-7-12(20(21)22)6-14(18)16(15)23-13/h1-7,13H,8-10H2. The lowest BCUT2D eigenvalue weighted by atomic mass is 10.1. The lowest BCUT2D eigenvalue weighted by Gasteiger charge is -2.35. The summed E-state index contributed by atoms with van der Waals surface area (Å²) in [6.45, 7) is 1.05. The molecule has 0 radical (unpaired) electrons. The number of ether oxygens (including phenoxy) is 1. The Kier molecular flexibility index (Phi) is 4.47. The van der Waals surface area contributed by atoms with Gasteiger partial charge in [-0.05, 0) is 5.56 Å². The van der Waals surface area contributed by atoms with E-state index in [2.05, 4.69) is 15.9 Å². The fraction of sp³-hybridized carbons (Fsp3) is 0.250. The van der Waals surface area contributed by atoms with Crippen LogP contribution in [0.1, 0.15) is 5.56 Å². The highest BCUT2D eigenvalue weighted by Gasteiger charge is 2.30. The highest BCUT2D eigenvalue weighted by atomic mass is 79.9. The van der Waals surface area contributed by atoms with Gasteiger partial charge < -0.3 is 9.64 Å². The number of alkyl halides is 1. The number of fused-ring (bicyclic) bond motifs is 1. The summed E-state index contributed by atoms with van der Waals surface area (Å²) >= 11 is 3.36. The molecule has 120 valence electrons. The normalized spacial score (nSPS) is 16.6. The van der Waals surface area contributed by atoms with Gasteiger partial charge in [-0.3, -0.25) is 10.1 Å². The molecule has 2 aromatic carbocycles. The summed E-state index contributed by atoms with van der Waals surface area (Å²) in [5, 5.41) is 11.5. The van der Waals surface area contributed by atoms with E-state index in [0.717, 1.165) is 11.6 Å². The smallest absolute Gasteiger partial charge is 0.274 e. The van der Waals surface area contributed by atoms with Gasteiger partial charge in [0.1, 0.15) is 6.10 Å². The Morgan fingerprint density at radius 1 is 1.35 bits per heavy atom. The van der Waals surface area contributed by atoms with Crippen molar-refractivity contribution in [3.8, 4) is 5.75 Å². The first kappa shape index (κ1) is 15.7. The van der Waals surface area contributed by atoms with E-state index in [9.17, 15) is 14.5 Å². The second-order valence-electron chi connectivity index (χ2n) is 5.29. The summed E-state index contributed by atoms with van der Waals surface area (Å²) in [4.78, 5) is 12.3. The van der Waals surface area contributed by atoms with Crippen LogP contribution in [0.3, 0.4) is 0 Å². The van der Waals surface area contributed by atoms with Gasteiger partial charge in [0.05, 0.1) is 23.2 Å². The molecule has 0 aromatic heterocycles. The van der Waals surface area contributed by atoms with Crippen LogP contribution < -0.4 is 9.64 Å². The maximum absolute atomic E-state index is 14.2. The highest BCUT2D eigenvalue weighted by Crippen LogP contribution is 2.39. The molecule has 0 saturated carbocycles. The number of nitrogens with zero attached hydrogens (tertiary/aromatic N) is 2. The van der Waals surface area contributed by atoms with E-state index in [1.54, 1.807) is 0 Å². The quantitative estimate of drug-likeness (QED) is 0.458. The zero-order valence-electron chi connectivity index (χ0n) is 12.1. The molecule has 0 bridgehead atoms. The van der Waals surface area contributed by atoms with Crippen molar-refractivity contribution in [2.75, 3.05) is 16.8 Å². The molecule has 1 aliphatic rings. The lowest BCUT2D eigenvalue weighted by Crippen LogP contribution is -2.41. The number of benzene rings is 2. The summed E-state index contributed by atoms with van der Waals surface area (Å²) in [5.41, 5.74) is 1.18. The molecular formula is C16H14BrFN2O3. The third kappa shape index (κ3) is 3.29. The van der Waals surface area contributed by atoms with Gasteiger partial charge in [-0.15, -0.1) is 0 Å². The molecule has 0 saturated heterocycles. The van der Waals surface area contributed by atoms with Crippen molar-refractivity contribution in [2.45, 2.75) is 12.6 Å². The molecule has 7 heteroatoms. The third-order valence-electron chi connectivity index (χ3n) is 3.66. The van der Waals surface area contributed by atoms with Crippen LogP contribution in [0.15, 0.2) is 42.5 Å². The van der Waals surface area contributed by atoms with Crippen LogP contribution >= 0.6 is 15.9 Å². The number of hydrogen-bond acceptors (Lipinski definition) is 4. The molecule has 1 heterocycles. The van der Waals surface area contributed by atoms with Crippen molar-refractivity contribution < 1.29 is 14.1 Å². The number of rotatable bonds is 4. The van der Waals surface area contributed by atoms with Crippen LogP contribution in [-0.2, 0) is 6.54 Å². The van der Waals surface area contributed by atoms with Crippen LogP contribution in [0, 0.1) is 15.9 Å². The molecule has 1 atom stereocenters. The minimum Gasteiger partial charge on any atom is -0.482 e. The fourth-order valence-corrected chi connectivity index (χ4v) is 2.94. The molecule has 1 aliphatic heterocycles. The average Bonchev–Trinajstić information content (AvgIpc) is 2.56. The first-order valence-corrected chi connectivity index (χ1v) is 8.20. The maximum atomic E-state index is 14.2. The summed E-state index contributed by atoms with van der Waals surface area (Å²) in [5.74, 6) is -0.639. The van der Waals surface area contributed by atoms with E-state index in [1.165, 1.54) is 6.07 Å². The Bertz CT molecular complexity index is 727. The predicted octanol–water partition coefficient (Wildman–Crippen LogP) is 3.90. The fourth-order valence-electron chi connectivity index (χ4n) is 2.60. The van der Waals surface area contributed by atoms with Crippen LogP contribution in [-0.4, -0.2) is 22.9 Å². The molecule has 2 aromatic rings. The molecule has 5 nitrogen and oxygen atoms in total. The minimum atomic E-state index is -0.710. The maximum Gasteiger partial charge on any atom is 0.274 e. The number of halogens is 2. The van der Waals surface area contributed by atoms with Gasteiger partial charge in [-0.25, -0.2) is 4.39 Å². The van der Waals surface area contributed by atoms with Crippen LogP contribution in [0.2, 0.25) is 0 Å². The van der Waals surface area contributed by atoms with E-state index in [0.29, 0.717) is 24.1 Å². The molecular weight excluding hydrogens is 367 g/mol. The number of nitro groups is 1. The van der Waals surface area contributed by atoms with Crippen molar-refractivity contribution >= 4 is 27.3 Å². The molecule has 0 spiro atoms. The number of hydrogen-bond donors (Lipinski definition) is 0. The number of anilines is 1. The first-order valence-electron chi connectivity index (χ1n) is 7.08. The Morgan fingerprint density at radius 3 is 2.74 bits per heavy atom. The SMILES string of the molecule is O=[N+]([O-])c1cc(F)c2c(c1)N(Cc1ccccc1)CC(CBr)O2. The Morgan fingerprint density at radius 2 is 2.09 bits per heavy atom. The van der Waals surface area contributed by atoms with Gasteiger partial charge in [0.25, 0.3) is 5.69 Å². The molecule has 23 heavy (non-hydrogen) atoms. The van der Waals surface area contributed by atoms with Gasteiger partial charge in [-0.1, -0.05) is 46.3 Å². The summed E-state index contributed by atoms with van der Waals surface area (Å²) in [7, 11) is 0. The van der Waals surface area contributed by atoms with E-state index in [4.69, 9.17) is 4.74 Å². The van der Waals surface area contributed by atoms with Crippen molar-refractivity contribution in [3.63, 3.8) is 0 Å². The summed E-state index contributed by atoms with van der Waals surface area (Å²) < 4.78 is 19.9. The van der Waals surface area contributed by atoms with Crippen LogP contribution in [0.4, 0.5) is 15.8 Å². The topological polar surface area (TPSA) is 55.6 Å². The monoisotopic (exact) mass is 380 g/mol. The zero-order valence-corrected chi connectivity index (χ0v) is 13.7. The van der Waals surface area contributed by atoms with Gasteiger partial charge in [0, 0.05) is 17.9 Å². The second kappa shape index (κ2) is 6.54. The van der Waals surface area contributed by atoms with Gasteiger partial charge in [-0.2, -0.15) is 0 Å². The Labute approximate surface area is 141 Å². The minimum absolute atomic E-state index is 0.0715. The summed E-state index contributed by atoms with van der Waals surface area (Å²) in [6, 6.07) is 12.0. The average molecular weight is 381 g/mol. The number of non-ortho nitro benzene ring substituents is 1. The van der Waals surface area contributed by atoms with Gasteiger partial charge >= 0.3 is 0 Å². The highest BCUT2D eigenvalue weighted by molar-refractivity contribution is 9.09. The Balaban J connectivity index is 2.02. The van der Waals surface area contributed by atoms with E-state index in [-0.39, 0.29) is 17.5 Å². The predicted molar refractivity (Wildman–Crippen MR) is 88.8 cm³/mol. The molecule has 0 fully saturated rings. The van der Waals surface area contributed by atoms with Crippen molar-refractivity contribution in [2.24, 2.45) is 0 Å². The molecule has 0 aliphatic carbocycles. The van der Waals surface area contributed by atoms with Crippen LogP contribution in [0.25, 0.3) is 0 Å².